The van der Waals surface area contributed by atoms with E-state index in [1.54, 1.807) is 0 Å². The van der Waals surface area contributed by atoms with E-state index >= 15 is 0 Å². The van der Waals surface area contributed by atoms with Crippen LogP contribution in [0, 0.1) is 0 Å². The third-order valence-corrected chi connectivity index (χ3v) is 13.0. The summed E-state index contributed by atoms with van der Waals surface area (Å²) < 4.78 is 2.39. The SMILES string of the molecule is c1ccc(-c2ccc(-c3ccccc3-c3ccccc3-c3ccccc3N(c3ccc(-n4c5ccccc5c5ccccc54)cc3)c3cccc(-c4cccc5ccccc45)c3)cc2)cc1. The fourth-order valence-electron chi connectivity index (χ4n) is 9.96. The molecular weight excluding hydrogens is 797 g/mol. The average molecular weight is 841 g/mol. The van der Waals surface area contributed by atoms with Crippen molar-refractivity contribution in [2.75, 3.05) is 4.90 Å². The molecule has 12 aromatic rings. The van der Waals surface area contributed by atoms with Gasteiger partial charge in [0.1, 0.15) is 0 Å². The maximum absolute atomic E-state index is 2.44. The summed E-state index contributed by atoms with van der Waals surface area (Å²) in [6.45, 7) is 0. The third kappa shape index (κ3) is 6.93. The van der Waals surface area contributed by atoms with E-state index in [1.165, 1.54) is 82.6 Å². The first-order chi connectivity index (χ1) is 32.8. The van der Waals surface area contributed by atoms with E-state index < -0.39 is 0 Å². The molecule has 0 aliphatic rings. The lowest BCUT2D eigenvalue weighted by Crippen LogP contribution is -2.11. The lowest BCUT2D eigenvalue weighted by Gasteiger charge is -2.29. The van der Waals surface area contributed by atoms with E-state index in [0.717, 1.165) is 28.3 Å². The largest absolute Gasteiger partial charge is 0.310 e. The molecule has 0 aliphatic heterocycles. The Morgan fingerprint density at radius 3 is 1.44 bits per heavy atom. The van der Waals surface area contributed by atoms with Gasteiger partial charge in [-0.25, -0.2) is 0 Å². The molecule has 0 radical (unpaired) electrons. The summed E-state index contributed by atoms with van der Waals surface area (Å²) in [6.07, 6.45) is 0. The molecule has 0 aliphatic carbocycles. The highest BCUT2D eigenvalue weighted by Crippen LogP contribution is 2.46. The van der Waals surface area contributed by atoms with E-state index in [0.29, 0.717) is 0 Å². The molecule has 0 fully saturated rings. The standard InChI is InChI=1S/C64H44N2/c1-2-18-45(19-3-1)46-36-38-48(39-37-46)54-25-6-7-26-56(54)57-27-8-9-28-58(57)59-29-10-13-33-62(59)65(52-23-16-22-49(44-52)55-32-17-21-47-20-4-5-24-53(47)55)50-40-42-51(43-41-50)66-63-34-14-11-30-60(63)61-31-12-15-35-64(61)66/h1-44H. The van der Waals surface area contributed by atoms with Crippen LogP contribution in [0.2, 0.25) is 0 Å². The number of benzene rings is 11. The number of fused-ring (bicyclic) bond motifs is 4. The Bertz CT molecular complexity index is 3630. The Hall–Kier alpha value is -8.72. The molecule has 0 saturated heterocycles. The summed E-state index contributed by atoms with van der Waals surface area (Å²) in [5.41, 5.74) is 18.6. The first-order valence-corrected chi connectivity index (χ1v) is 22.7. The number of anilines is 3. The van der Waals surface area contributed by atoms with Crippen molar-refractivity contribution >= 4 is 49.6 Å². The van der Waals surface area contributed by atoms with E-state index in [2.05, 4.69) is 276 Å². The Labute approximate surface area is 385 Å². The van der Waals surface area contributed by atoms with Crippen molar-refractivity contribution in [2.45, 2.75) is 0 Å². The number of para-hydroxylation sites is 3. The lowest BCUT2D eigenvalue weighted by atomic mass is 9.88. The van der Waals surface area contributed by atoms with E-state index in [4.69, 9.17) is 0 Å². The van der Waals surface area contributed by atoms with Crippen molar-refractivity contribution in [3.63, 3.8) is 0 Å². The van der Waals surface area contributed by atoms with Gasteiger partial charge in [0.05, 0.1) is 16.7 Å². The monoisotopic (exact) mass is 840 g/mol. The molecule has 0 bridgehead atoms. The third-order valence-electron chi connectivity index (χ3n) is 13.0. The van der Waals surface area contributed by atoms with E-state index in [-0.39, 0.29) is 0 Å². The molecule has 2 nitrogen and oxygen atoms in total. The summed E-state index contributed by atoms with van der Waals surface area (Å²) in [7, 11) is 0. The van der Waals surface area contributed by atoms with Crippen LogP contribution in [-0.4, -0.2) is 4.57 Å². The molecule has 11 aromatic carbocycles. The highest BCUT2D eigenvalue weighted by molar-refractivity contribution is 6.09. The second-order valence-corrected chi connectivity index (χ2v) is 16.9. The number of nitrogens with zero attached hydrogens (tertiary/aromatic N) is 2. The summed E-state index contributed by atoms with van der Waals surface area (Å²) >= 11 is 0. The zero-order chi connectivity index (χ0) is 43.8. The molecule has 0 saturated carbocycles. The molecule has 0 unspecified atom stereocenters. The normalized spacial score (nSPS) is 11.3. The summed E-state index contributed by atoms with van der Waals surface area (Å²) in [5, 5.41) is 4.97. The Morgan fingerprint density at radius 2 is 0.727 bits per heavy atom. The van der Waals surface area contributed by atoms with Crippen molar-refractivity contribution in [3.05, 3.63) is 267 Å². The molecule has 12 rings (SSSR count). The first kappa shape index (κ1) is 38.9. The van der Waals surface area contributed by atoms with Crippen LogP contribution in [0.25, 0.3) is 93.9 Å². The van der Waals surface area contributed by atoms with Crippen molar-refractivity contribution in [1.29, 1.82) is 0 Å². The highest BCUT2D eigenvalue weighted by atomic mass is 15.1. The molecule has 66 heavy (non-hydrogen) atoms. The van der Waals surface area contributed by atoms with Crippen LogP contribution in [-0.2, 0) is 0 Å². The first-order valence-electron chi connectivity index (χ1n) is 22.7. The molecule has 0 N–H and O–H groups in total. The number of hydrogen-bond donors (Lipinski definition) is 0. The molecule has 310 valence electrons. The van der Waals surface area contributed by atoms with Gasteiger partial charge >= 0.3 is 0 Å². The predicted molar refractivity (Wildman–Crippen MR) is 280 cm³/mol. The van der Waals surface area contributed by atoms with Gasteiger partial charge in [0.25, 0.3) is 0 Å². The van der Waals surface area contributed by atoms with Crippen molar-refractivity contribution in [2.24, 2.45) is 0 Å². The predicted octanol–water partition coefficient (Wildman–Crippen LogP) is 17.7. The quantitative estimate of drug-likeness (QED) is 0.141. The van der Waals surface area contributed by atoms with Gasteiger partial charge in [-0.2, -0.15) is 0 Å². The van der Waals surface area contributed by atoms with Crippen molar-refractivity contribution in [1.82, 2.24) is 4.57 Å². The van der Waals surface area contributed by atoms with Crippen LogP contribution in [0.3, 0.4) is 0 Å². The van der Waals surface area contributed by atoms with Crippen LogP contribution < -0.4 is 4.90 Å². The summed E-state index contributed by atoms with van der Waals surface area (Å²) in [4.78, 5) is 2.44. The van der Waals surface area contributed by atoms with Crippen LogP contribution >= 0.6 is 0 Å². The lowest BCUT2D eigenvalue weighted by molar-refractivity contribution is 1.17. The average Bonchev–Trinajstić information content (AvgIpc) is 3.74. The molecule has 1 heterocycles. The summed E-state index contributed by atoms with van der Waals surface area (Å²) in [6, 6.07) is 96.9. The minimum absolute atomic E-state index is 1.07. The molecule has 0 amide bonds. The molecular formula is C64H44N2. The fourth-order valence-corrected chi connectivity index (χ4v) is 9.96. The molecule has 1 aromatic heterocycles. The smallest absolute Gasteiger partial charge is 0.0541 e. The molecule has 0 spiro atoms. The van der Waals surface area contributed by atoms with Crippen LogP contribution in [0.4, 0.5) is 17.1 Å². The van der Waals surface area contributed by atoms with Gasteiger partial charge in [0.15, 0.2) is 0 Å². The number of rotatable bonds is 9. The second kappa shape index (κ2) is 16.8. The Morgan fingerprint density at radius 1 is 0.258 bits per heavy atom. The zero-order valence-electron chi connectivity index (χ0n) is 36.3. The second-order valence-electron chi connectivity index (χ2n) is 16.9. The zero-order valence-corrected chi connectivity index (χ0v) is 36.3. The maximum atomic E-state index is 2.44. The topological polar surface area (TPSA) is 8.17 Å². The molecule has 2 heteroatoms. The molecule has 0 atom stereocenters. The van der Waals surface area contributed by atoms with Gasteiger partial charge in [-0.05, 0) is 115 Å². The fraction of sp³-hybridized carbons (Fsp3) is 0. The Kier molecular flexibility index (Phi) is 9.89. The Balaban J connectivity index is 1.02. The van der Waals surface area contributed by atoms with Crippen LogP contribution in [0.15, 0.2) is 267 Å². The van der Waals surface area contributed by atoms with E-state index in [1.807, 2.05) is 0 Å². The van der Waals surface area contributed by atoms with Gasteiger partial charge in [-0.15, -0.1) is 0 Å². The van der Waals surface area contributed by atoms with Crippen LogP contribution in [0.5, 0.6) is 0 Å². The minimum atomic E-state index is 1.07. The number of aromatic nitrogens is 1. The number of hydrogen-bond acceptors (Lipinski definition) is 1. The van der Waals surface area contributed by atoms with Crippen molar-refractivity contribution in [3.8, 4) is 61.3 Å². The van der Waals surface area contributed by atoms with Crippen LogP contribution in [0.1, 0.15) is 0 Å². The van der Waals surface area contributed by atoms with E-state index in [9.17, 15) is 0 Å². The highest BCUT2D eigenvalue weighted by Gasteiger charge is 2.21. The maximum Gasteiger partial charge on any atom is 0.0541 e. The van der Waals surface area contributed by atoms with Gasteiger partial charge in [-0.3, -0.25) is 0 Å². The van der Waals surface area contributed by atoms with Gasteiger partial charge < -0.3 is 9.47 Å². The summed E-state index contributed by atoms with van der Waals surface area (Å²) in [5.74, 6) is 0. The van der Waals surface area contributed by atoms with Gasteiger partial charge in [0, 0.05) is 33.4 Å². The van der Waals surface area contributed by atoms with Crippen molar-refractivity contribution < 1.29 is 0 Å². The van der Waals surface area contributed by atoms with Gasteiger partial charge in [-0.1, -0.05) is 212 Å². The van der Waals surface area contributed by atoms with Gasteiger partial charge in [0.2, 0.25) is 0 Å². The minimum Gasteiger partial charge on any atom is -0.310 e.